The van der Waals surface area contributed by atoms with Crippen LogP contribution in [-0.4, -0.2) is 33.2 Å². The van der Waals surface area contributed by atoms with Crippen LogP contribution in [0.25, 0.3) is 0 Å². The van der Waals surface area contributed by atoms with E-state index in [0.29, 0.717) is 17.1 Å². The summed E-state index contributed by atoms with van der Waals surface area (Å²) >= 11 is 0. The van der Waals surface area contributed by atoms with Gasteiger partial charge in [-0.15, -0.1) is 0 Å². The Bertz CT molecular complexity index is 1030. The predicted molar refractivity (Wildman–Crippen MR) is 111 cm³/mol. The Morgan fingerprint density at radius 3 is 1.97 bits per heavy atom. The highest BCUT2D eigenvalue weighted by atomic mass is 32.2. The number of hydrogen-bond acceptors (Lipinski definition) is 5. The smallest absolute Gasteiger partial charge is 0.203 e. The maximum Gasteiger partial charge on any atom is 0.203 e. The summed E-state index contributed by atoms with van der Waals surface area (Å²) in [5, 5.41) is 0. The van der Waals surface area contributed by atoms with Crippen LogP contribution in [0.1, 0.15) is 16.8 Å². The maximum absolute atomic E-state index is 13.0. The lowest BCUT2D eigenvalue weighted by Crippen LogP contribution is -2.30. The van der Waals surface area contributed by atoms with E-state index in [1.165, 1.54) is 0 Å². The molecule has 0 aliphatic heterocycles. The van der Waals surface area contributed by atoms with Crippen LogP contribution >= 0.6 is 0 Å². The van der Waals surface area contributed by atoms with E-state index in [4.69, 9.17) is 9.47 Å². The second kappa shape index (κ2) is 9.39. The molecule has 0 N–H and O–H groups in total. The Balaban J connectivity index is 1.81. The molecule has 0 aromatic heterocycles. The normalized spacial score (nSPS) is 12.2. The molecule has 3 aromatic carbocycles. The second-order valence-corrected chi connectivity index (χ2v) is 8.54. The molecule has 5 nitrogen and oxygen atoms in total. The van der Waals surface area contributed by atoms with E-state index in [1.54, 1.807) is 86.0 Å². The van der Waals surface area contributed by atoms with Crippen molar-refractivity contribution < 1.29 is 22.7 Å². The molecule has 0 aliphatic carbocycles. The van der Waals surface area contributed by atoms with E-state index in [-0.39, 0.29) is 22.9 Å². The number of sulfone groups is 1. The number of ether oxygens (including phenoxy) is 2. The number of benzene rings is 3. The van der Waals surface area contributed by atoms with Crippen molar-refractivity contribution in [1.82, 2.24) is 0 Å². The van der Waals surface area contributed by atoms with Crippen LogP contribution in [0, 0.1) is 0 Å². The van der Waals surface area contributed by atoms with Crippen molar-refractivity contribution in [1.29, 1.82) is 0 Å². The van der Waals surface area contributed by atoms with Crippen LogP contribution in [0.15, 0.2) is 89.8 Å². The summed E-state index contributed by atoms with van der Waals surface area (Å²) in [5.41, 5.74) is 0.475. The summed E-state index contributed by atoms with van der Waals surface area (Å²) in [5.74, 6) is 0.674. The first-order valence-electron chi connectivity index (χ1n) is 9.17. The van der Waals surface area contributed by atoms with Gasteiger partial charge in [-0.3, -0.25) is 4.79 Å². The van der Waals surface area contributed by atoms with Gasteiger partial charge >= 0.3 is 0 Å². The van der Waals surface area contributed by atoms with Crippen molar-refractivity contribution in [3.8, 4) is 11.5 Å². The van der Waals surface area contributed by atoms with E-state index in [1.807, 2.05) is 6.07 Å². The molecule has 3 aromatic rings. The van der Waals surface area contributed by atoms with Crippen LogP contribution in [0.5, 0.6) is 11.5 Å². The number of methoxy groups -OCH3 is 1. The molecule has 0 spiro atoms. The predicted octanol–water partition coefficient (Wildman–Crippen LogP) is 4.19. The SMILES string of the molecule is COc1ccc(O[C@H](CCS(=O)(=O)c2ccccc2)C(=O)c2ccccc2)cc1. The third-order valence-corrected chi connectivity index (χ3v) is 6.20. The van der Waals surface area contributed by atoms with Gasteiger partial charge < -0.3 is 9.47 Å². The molecule has 0 saturated heterocycles. The van der Waals surface area contributed by atoms with Gasteiger partial charge in [-0.1, -0.05) is 48.5 Å². The average Bonchev–Trinajstić information content (AvgIpc) is 2.78. The second-order valence-electron chi connectivity index (χ2n) is 6.43. The molecule has 0 heterocycles. The highest BCUT2D eigenvalue weighted by molar-refractivity contribution is 7.91. The first-order chi connectivity index (χ1) is 14.0. The van der Waals surface area contributed by atoms with E-state index in [2.05, 4.69) is 0 Å². The van der Waals surface area contributed by atoms with E-state index in [9.17, 15) is 13.2 Å². The van der Waals surface area contributed by atoms with Gasteiger partial charge in [0.2, 0.25) is 5.78 Å². The summed E-state index contributed by atoms with van der Waals surface area (Å²) in [6.07, 6.45) is -0.888. The number of hydrogen-bond donors (Lipinski definition) is 0. The highest BCUT2D eigenvalue weighted by Gasteiger charge is 2.25. The Morgan fingerprint density at radius 2 is 1.38 bits per heavy atom. The van der Waals surface area contributed by atoms with Crippen molar-refractivity contribution in [2.75, 3.05) is 12.9 Å². The van der Waals surface area contributed by atoms with Crippen LogP contribution < -0.4 is 9.47 Å². The van der Waals surface area contributed by atoms with Crippen LogP contribution in [0.3, 0.4) is 0 Å². The summed E-state index contributed by atoms with van der Waals surface area (Å²) < 4.78 is 36.3. The van der Waals surface area contributed by atoms with Crippen molar-refractivity contribution >= 4 is 15.6 Å². The van der Waals surface area contributed by atoms with Crippen molar-refractivity contribution in [3.63, 3.8) is 0 Å². The third-order valence-electron chi connectivity index (χ3n) is 4.44. The monoisotopic (exact) mass is 410 g/mol. The first kappa shape index (κ1) is 20.6. The zero-order valence-electron chi connectivity index (χ0n) is 16.0. The highest BCUT2D eigenvalue weighted by Crippen LogP contribution is 2.22. The molecule has 0 bridgehead atoms. The molecule has 1 atom stereocenters. The summed E-state index contributed by atoms with van der Waals surface area (Å²) in [6.45, 7) is 0. The molecule has 3 rings (SSSR count). The van der Waals surface area contributed by atoms with Crippen LogP contribution in [-0.2, 0) is 9.84 Å². The van der Waals surface area contributed by atoms with Crippen molar-refractivity contribution in [3.05, 3.63) is 90.5 Å². The molecule has 0 radical (unpaired) electrons. The maximum atomic E-state index is 13.0. The third kappa shape index (κ3) is 5.45. The van der Waals surface area contributed by atoms with Gasteiger partial charge in [-0.2, -0.15) is 0 Å². The standard InChI is InChI=1S/C23H22O5S/c1-27-19-12-14-20(15-13-19)28-22(23(24)18-8-4-2-5-9-18)16-17-29(25,26)21-10-6-3-7-11-21/h2-15,22H,16-17H2,1H3/t22-/m1/s1. The van der Waals surface area contributed by atoms with Gasteiger partial charge in [0.05, 0.1) is 17.8 Å². The van der Waals surface area contributed by atoms with Crippen molar-refractivity contribution in [2.24, 2.45) is 0 Å². The molecule has 150 valence electrons. The molecular weight excluding hydrogens is 388 g/mol. The number of carbonyl (C=O) groups is 1. The minimum atomic E-state index is -3.53. The first-order valence-corrected chi connectivity index (χ1v) is 10.8. The molecule has 0 fully saturated rings. The zero-order valence-corrected chi connectivity index (χ0v) is 16.8. The topological polar surface area (TPSA) is 69.7 Å². The molecule has 29 heavy (non-hydrogen) atoms. The molecule has 0 unspecified atom stereocenters. The number of carbonyl (C=O) groups excluding carboxylic acids is 1. The van der Waals surface area contributed by atoms with Gasteiger partial charge in [0.25, 0.3) is 0 Å². The number of ketones is 1. The molecule has 0 saturated carbocycles. The fourth-order valence-electron chi connectivity index (χ4n) is 2.86. The summed E-state index contributed by atoms with van der Waals surface area (Å²) in [4.78, 5) is 13.2. The number of rotatable bonds is 9. The van der Waals surface area contributed by atoms with Gasteiger partial charge in [0, 0.05) is 12.0 Å². The lowest BCUT2D eigenvalue weighted by molar-refractivity contribution is 0.0788. The largest absolute Gasteiger partial charge is 0.497 e. The average molecular weight is 410 g/mol. The van der Waals surface area contributed by atoms with Crippen LogP contribution in [0.4, 0.5) is 0 Å². The Kier molecular flexibility index (Phi) is 6.67. The Hall–Kier alpha value is -3.12. The fraction of sp³-hybridized carbons (Fsp3) is 0.174. The fourth-order valence-corrected chi connectivity index (χ4v) is 4.19. The Labute approximate surface area is 170 Å². The molecule has 0 amide bonds. The zero-order chi connectivity index (χ0) is 20.7. The van der Waals surface area contributed by atoms with E-state index < -0.39 is 15.9 Å². The van der Waals surface area contributed by atoms with Gasteiger partial charge in [-0.25, -0.2) is 8.42 Å². The Morgan fingerprint density at radius 1 is 0.828 bits per heavy atom. The van der Waals surface area contributed by atoms with E-state index in [0.717, 1.165) is 0 Å². The molecule has 0 aliphatic rings. The summed E-state index contributed by atoms with van der Waals surface area (Å²) in [7, 11) is -1.96. The molecule has 6 heteroatoms. The minimum absolute atomic E-state index is 0.0387. The van der Waals surface area contributed by atoms with E-state index >= 15 is 0 Å². The molecular formula is C23H22O5S. The van der Waals surface area contributed by atoms with Gasteiger partial charge in [0.15, 0.2) is 15.9 Å². The van der Waals surface area contributed by atoms with Gasteiger partial charge in [0.1, 0.15) is 11.5 Å². The lowest BCUT2D eigenvalue weighted by Gasteiger charge is -2.18. The minimum Gasteiger partial charge on any atom is -0.497 e. The summed E-state index contributed by atoms with van der Waals surface area (Å²) in [6, 6.07) is 23.8. The lowest BCUT2D eigenvalue weighted by atomic mass is 10.0. The van der Waals surface area contributed by atoms with Gasteiger partial charge in [-0.05, 0) is 36.4 Å². The quantitative estimate of drug-likeness (QED) is 0.495. The van der Waals surface area contributed by atoms with Crippen molar-refractivity contribution in [2.45, 2.75) is 17.4 Å². The van der Waals surface area contributed by atoms with Crippen LogP contribution in [0.2, 0.25) is 0 Å². The number of Topliss-reactive ketones (excluding diaryl/α,β-unsaturated/α-hetero) is 1.